The van der Waals surface area contributed by atoms with Gasteiger partial charge in [0.1, 0.15) is 17.4 Å². The van der Waals surface area contributed by atoms with Gasteiger partial charge in [-0.1, -0.05) is 43.0 Å². The molecule has 0 aliphatic rings. The molecule has 2 aromatic carbocycles. The Hall–Kier alpha value is -2.60. The van der Waals surface area contributed by atoms with Crippen LogP contribution in [0.5, 0.6) is 5.75 Å². The molecule has 3 heteroatoms. The van der Waals surface area contributed by atoms with E-state index < -0.39 is 5.97 Å². The Balaban J connectivity index is 2.40. The minimum absolute atomic E-state index is 0.210. The van der Waals surface area contributed by atoms with Crippen molar-refractivity contribution < 1.29 is 9.53 Å². The SMILES string of the molecule is C=C(C#N)C(=O)Oc1cccc2ccccc12. The van der Waals surface area contributed by atoms with Crippen molar-refractivity contribution in [3.05, 3.63) is 54.6 Å². The van der Waals surface area contributed by atoms with Gasteiger partial charge in [-0.2, -0.15) is 5.26 Å². The zero-order chi connectivity index (χ0) is 12.3. The Morgan fingerprint density at radius 2 is 1.88 bits per heavy atom. The highest BCUT2D eigenvalue weighted by Crippen LogP contribution is 2.25. The monoisotopic (exact) mass is 223 g/mol. The Labute approximate surface area is 98.6 Å². The fourth-order valence-electron chi connectivity index (χ4n) is 1.49. The summed E-state index contributed by atoms with van der Waals surface area (Å²) >= 11 is 0. The van der Waals surface area contributed by atoms with E-state index in [1.165, 1.54) is 0 Å². The third kappa shape index (κ3) is 2.16. The lowest BCUT2D eigenvalue weighted by Crippen LogP contribution is -2.09. The number of nitrogens with zero attached hydrogens (tertiary/aromatic N) is 1. The molecule has 2 rings (SSSR count). The Bertz CT molecular complexity index is 633. The number of benzene rings is 2. The Morgan fingerprint density at radius 3 is 2.65 bits per heavy atom. The number of carbonyl (C=O) groups excluding carboxylic acids is 1. The molecule has 0 aliphatic carbocycles. The van der Waals surface area contributed by atoms with Gasteiger partial charge in [0.05, 0.1) is 0 Å². The summed E-state index contributed by atoms with van der Waals surface area (Å²) in [4.78, 5) is 11.4. The van der Waals surface area contributed by atoms with Crippen molar-refractivity contribution in [2.45, 2.75) is 0 Å². The van der Waals surface area contributed by atoms with E-state index in [1.54, 1.807) is 18.2 Å². The highest BCUT2D eigenvalue weighted by atomic mass is 16.5. The van der Waals surface area contributed by atoms with Gasteiger partial charge in [-0.25, -0.2) is 4.79 Å². The van der Waals surface area contributed by atoms with Crippen LogP contribution in [0.4, 0.5) is 0 Å². The van der Waals surface area contributed by atoms with E-state index in [0.29, 0.717) is 5.75 Å². The third-order valence-electron chi connectivity index (χ3n) is 2.33. The van der Waals surface area contributed by atoms with Crippen LogP contribution in [0.25, 0.3) is 10.8 Å². The molecule has 0 saturated carbocycles. The molecule has 17 heavy (non-hydrogen) atoms. The second-order valence-corrected chi connectivity index (χ2v) is 3.46. The normalized spacial score (nSPS) is 9.59. The van der Waals surface area contributed by atoms with Gasteiger partial charge in [-0.05, 0) is 11.5 Å². The molecular weight excluding hydrogens is 214 g/mol. The molecule has 0 unspecified atom stereocenters. The van der Waals surface area contributed by atoms with Gasteiger partial charge in [0, 0.05) is 5.39 Å². The molecule has 0 bridgehead atoms. The van der Waals surface area contributed by atoms with Crippen LogP contribution in [0.2, 0.25) is 0 Å². The van der Waals surface area contributed by atoms with Gasteiger partial charge in [0.15, 0.2) is 0 Å². The molecule has 0 amide bonds. The first-order valence-corrected chi connectivity index (χ1v) is 5.01. The van der Waals surface area contributed by atoms with Gasteiger partial charge in [-0.3, -0.25) is 0 Å². The van der Waals surface area contributed by atoms with Gasteiger partial charge >= 0.3 is 5.97 Å². The average Bonchev–Trinajstić information content (AvgIpc) is 2.38. The van der Waals surface area contributed by atoms with Crippen LogP contribution in [0.3, 0.4) is 0 Å². The zero-order valence-corrected chi connectivity index (χ0v) is 9.01. The number of hydrogen-bond acceptors (Lipinski definition) is 3. The van der Waals surface area contributed by atoms with Crippen LogP contribution < -0.4 is 4.74 Å². The van der Waals surface area contributed by atoms with Crippen molar-refractivity contribution in [1.29, 1.82) is 5.26 Å². The summed E-state index contributed by atoms with van der Waals surface area (Å²) in [5.74, 6) is -0.284. The van der Waals surface area contributed by atoms with Crippen LogP contribution in [0, 0.1) is 11.3 Å². The van der Waals surface area contributed by atoms with Crippen LogP contribution in [0.1, 0.15) is 0 Å². The van der Waals surface area contributed by atoms with Crippen molar-refractivity contribution in [3.8, 4) is 11.8 Å². The van der Waals surface area contributed by atoms with Crippen molar-refractivity contribution >= 4 is 16.7 Å². The number of nitriles is 1. The van der Waals surface area contributed by atoms with Crippen LogP contribution in [-0.4, -0.2) is 5.97 Å². The van der Waals surface area contributed by atoms with Crippen molar-refractivity contribution in [3.63, 3.8) is 0 Å². The first-order chi connectivity index (χ1) is 8.22. The van der Waals surface area contributed by atoms with E-state index in [-0.39, 0.29) is 5.57 Å². The standard InChI is InChI=1S/C14H9NO2/c1-10(9-15)14(16)17-13-8-4-6-11-5-2-3-7-12(11)13/h2-8H,1H2. The zero-order valence-electron chi connectivity index (χ0n) is 9.01. The second kappa shape index (κ2) is 4.50. The third-order valence-corrected chi connectivity index (χ3v) is 2.33. The molecule has 0 spiro atoms. The summed E-state index contributed by atoms with van der Waals surface area (Å²) in [5.41, 5.74) is -0.210. The smallest absolute Gasteiger partial charge is 0.353 e. The Morgan fingerprint density at radius 1 is 1.18 bits per heavy atom. The maximum absolute atomic E-state index is 11.4. The minimum atomic E-state index is -0.719. The average molecular weight is 223 g/mol. The minimum Gasteiger partial charge on any atom is -0.422 e. The molecule has 82 valence electrons. The lowest BCUT2D eigenvalue weighted by atomic mass is 10.1. The van der Waals surface area contributed by atoms with Crippen molar-refractivity contribution in [1.82, 2.24) is 0 Å². The molecule has 0 atom stereocenters. The van der Waals surface area contributed by atoms with Gasteiger partial charge in [-0.15, -0.1) is 0 Å². The maximum Gasteiger partial charge on any atom is 0.353 e. The van der Waals surface area contributed by atoms with Crippen molar-refractivity contribution in [2.24, 2.45) is 0 Å². The van der Waals surface area contributed by atoms with E-state index in [2.05, 4.69) is 6.58 Å². The number of fused-ring (bicyclic) bond motifs is 1. The maximum atomic E-state index is 11.4. The molecule has 0 aromatic heterocycles. The molecule has 0 radical (unpaired) electrons. The molecule has 0 heterocycles. The molecular formula is C14H9NO2. The number of esters is 1. The fourth-order valence-corrected chi connectivity index (χ4v) is 1.49. The van der Waals surface area contributed by atoms with Gasteiger partial charge in [0.25, 0.3) is 0 Å². The molecule has 2 aromatic rings. The van der Waals surface area contributed by atoms with E-state index in [0.717, 1.165) is 10.8 Å². The first kappa shape index (κ1) is 10.9. The van der Waals surface area contributed by atoms with Gasteiger partial charge < -0.3 is 4.74 Å². The summed E-state index contributed by atoms with van der Waals surface area (Å²) < 4.78 is 5.12. The Kier molecular flexibility index (Phi) is 2.89. The number of carbonyl (C=O) groups is 1. The van der Waals surface area contributed by atoms with Crippen LogP contribution in [0.15, 0.2) is 54.6 Å². The lowest BCUT2D eigenvalue weighted by molar-refractivity contribution is -0.129. The summed E-state index contributed by atoms with van der Waals surface area (Å²) in [6, 6.07) is 14.6. The molecule has 0 N–H and O–H groups in total. The number of rotatable bonds is 2. The summed E-state index contributed by atoms with van der Waals surface area (Å²) in [6.07, 6.45) is 0. The molecule has 0 fully saturated rings. The highest BCUT2D eigenvalue weighted by Gasteiger charge is 2.10. The van der Waals surface area contributed by atoms with Crippen molar-refractivity contribution in [2.75, 3.05) is 0 Å². The second-order valence-electron chi connectivity index (χ2n) is 3.46. The first-order valence-electron chi connectivity index (χ1n) is 5.01. The topological polar surface area (TPSA) is 50.1 Å². The van der Waals surface area contributed by atoms with E-state index in [9.17, 15) is 4.79 Å². The van der Waals surface area contributed by atoms with E-state index >= 15 is 0 Å². The molecule has 0 aliphatic heterocycles. The van der Waals surface area contributed by atoms with Crippen LogP contribution in [-0.2, 0) is 4.79 Å². The summed E-state index contributed by atoms with van der Waals surface area (Å²) in [5, 5.41) is 10.3. The molecule has 0 saturated heterocycles. The lowest BCUT2D eigenvalue weighted by Gasteiger charge is -2.06. The quantitative estimate of drug-likeness (QED) is 0.340. The highest BCUT2D eigenvalue weighted by molar-refractivity contribution is 5.96. The number of hydrogen-bond donors (Lipinski definition) is 0. The van der Waals surface area contributed by atoms with Gasteiger partial charge in [0.2, 0.25) is 0 Å². The summed E-state index contributed by atoms with van der Waals surface area (Å²) in [7, 11) is 0. The predicted molar refractivity (Wildman–Crippen MR) is 64.3 cm³/mol. The van der Waals surface area contributed by atoms with E-state index in [4.69, 9.17) is 10.00 Å². The fraction of sp³-hybridized carbons (Fsp3) is 0. The molecule has 3 nitrogen and oxygen atoms in total. The van der Waals surface area contributed by atoms with E-state index in [1.807, 2.05) is 30.3 Å². The van der Waals surface area contributed by atoms with Crippen LogP contribution >= 0.6 is 0 Å². The largest absolute Gasteiger partial charge is 0.422 e. The predicted octanol–water partition coefficient (Wildman–Crippen LogP) is 2.82. The summed E-state index contributed by atoms with van der Waals surface area (Å²) in [6.45, 7) is 3.31. The number of ether oxygens (including phenoxy) is 1.